The third kappa shape index (κ3) is 7.27. The zero-order valence-corrected chi connectivity index (χ0v) is 25.8. The van der Waals surface area contributed by atoms with Gasteiger partial charge >= 0.3 is 0 Å². The van der Waals surface area contributed by atoms with E-state index in [1.807, 2.05) is 59.1 Å². The second-order valence-corrected chi connectivity index (χ2v) is 11.9. The Labute approximate surface area is 258 Å². The Bertz CT molecular complexity index is 1370. The van der Waals surface area contributed by atoms with E-state index in [2.05, 4.69) is 29.2 Å². The maximum absolute atomic E-state index is 13.5. The molecule has 222 valence electrons. The first-order chi connectivity index (χ1) is 20.3. The van der Waals surface area contributed by atoms with Gasteiger partial charge in [-0.2, -0.15) is 0 Å². The van der Waals surface area contributed by atoms with Gasteiger partial charge in [-0.1, -0.05) is 59.6 Å². The maximum Gasteiger partial charge on any atom is 0.254 e. The van der Waals surface area contributed by atoms with Crippen LogP contribution in [0.3, 0.4) is 0 Å². The first kappa shape index (κ1) is 30.4. The molecule has 1 atom stereocenters. The fraction of sp³-hybridized carbons (Fsp3) is 0.394. The fourth-order valence-electron chi connectivity index (χ4n) is 5.62. The van der Waals surface area contributed by atoms with Crippen LogP contribution in [0.15, 0.2) is 66.7 Å². The van der Waals surface area contributed by atoms with Crippen molar-refractivity contribution in [3.63, 3.8) is 0 Å². The normalized spacial score (nSPS) is 16.3. The number of benzene rings is 3. The van der Waals surface area contributed by atoms with Crippen LogP contribution < -0.4 is 4.90 Å². The summed E-state index contributed by atoms with van der Waals surface area (Å²) in [6.45, 7) is 5.54. The molecule has 2 aliphatic heterocycles. The molecule has 5 rings (SSSR count). The summed E-state index contributed by atoms with van der Waals surface area (Å²) in [6.07, 6.45) is 2.38. The van der Waals surface area contributed by atoms with Gasteiger partial charge < -0.3 is 24.3 Å². The minimum absolute atomic E-state index is 0.0253. The highest BCUT2D eigenvalue weighted by Crippen LogP contribution is 2.29. The second kappa shape index (κ2) is 13.9. The third-order valence-electron chi connectivity index (χ3n) is 8.27. The largest absolute Gasteiger partial charge is 0.378 e. The van der Waals surface area contributed by atoms with E-state index in [1.54, 1.807) is 12.1 Å². The van der Waals surface area contributed by atoms with E-state index in [0.717, 1.165) is 42.0 Å². The summed E-state index contributed by atoms with van der Waals surface area (Å²) >= 11 is 12.3. The number of morpholine rings is 1. The van der Waals surface area contributed by atoms with Gasteiger partial charge in [0.25, 0.3) is 5.91 Å². The number of anilines is 1. The zero-order chi connectivity index (χ0) is 29.6. The number of hydrogen-bond acceptors (Lipinski definition) is 5. The first-order valence-corrected chi connectivity index (χ1v) is 15.3. The number of rotatable bonds is 9. The molecule has 0 N–H and O–H groups in total. The van der Waals surface area contributed by atoms with E-state index in [1.165, 1.54) is 12.8 Å². The molecule has 2 fully saturated rings. The van der Waals surface area contributed by atoms with Gasteiger partial charge in [-0.15, -0.1) is 0 Å². The highest BCUT2D eigenvalue weighted by Gasteiger charge is 2.26. The molecule has 0 saturated carbocycles. The number of likely N-dealkylation sites (tertiary alicyclic amines) is 1. The Morgan fingerprint density at radius 3 is 2.07 bits per heavy atom. The van der Waals surface area contributed by atoms with E-state index in [9.17, 15) is 9.59 Å². The smallest absolute Gasteiger partial charge is 0.254 e. The van der Waals surface area contributed by atoms with Gasteiger partial charge in [0.2, 0.25) is 5.91 Å². The second-order valence-electron chi connectivity index (χ2n) is 11.1. The van der Waals surface area contributed by atoms with Gasteiger partial charge in [0.15, 0.2) is 0 Å². The average molecular weight is 610 g/mol. The zero-order valence-electron chi connectivity index (χ0n) is 24.3. The van der Waals surface area contributed by atoms with Crippen LogP contribution in [0.1, 0.15) is 34.8 Å². The van der Waals surface area contributed by atoms with E-state index in [-0.39, 0.29) is 24.4 Å². The van der Waals surface area contributed by atoms with E-state index >= 15 is 0 Å². The Morgan fingerprint density at radius 2 is 1.45 bits per heavy atom. The SMILES string of the molecule is CN(CC(=O)N(C)C(CN1CCCC1)c1ccc(-c2ccc(C(=O)N3CCOCC3)cc2)cc1)c1ccc(Cl)c(Cl)c1. The van der Waals surface area contributed by atoms with Gasteiger partial charge in [-0.3, -0.25) is 9.59 Å². The highest BCUT2D eigenvalue weighted by atomic mass is 35.5. The number of likely N-dealkylation sites (N-methyl/N-ethyl adjacent to an activating group) is 2. The molecule has 2 heterocycles. The molecular formula is C33H38Cl2N4O3. The molecule has 2 saturated heterocycles. The predicted octanol–water partition coefficient (Wildman–Crippen LogP) is 5.86. The van der Waals surface area contributed by atoms with Crippen LogP contribution in [-0.2, 0) is 9.53 Å². The van der Waals surface area contributed by atoms with E-state index in [0.29, 0.717) is 41.9 Å². The average Bonchev–Trinajstić information content (AvgIpc) is 3.54. The molecule has 3 aromatic carbocycles. The van der Waals surface area contributed by atoms with Crippen LogP contribution in [0.4, 0.5) is 5.69 Å². The summed E-state index contributed by atoms with van der Waals surface area (Å²) in [5.74, 6) is 0.0693. The van der Waals surface area contributed by atoms with Gasteiger partial charge in [0, 0.05) is 45.0 Å². The Hall–Kier alpha value is -3.10. The molecule has 9 heteroatoms. The number of ether oxygens (including phenoxy) is 1. The van der Waals surface area contributed by atoms with Crippen LogP contribution in [0, 0.1) is 0 Å². The van der Waals surface area contributed by atoms with Crippen molar-refractivity contribution in [1.29, 1.82) is 0 Å². The number of carbonyl (C=O) groups is 2. The van der Waals surface area contributed by atoms with Crippen molar-refractivity contribution < 1.29 is 14.3 Å². The number of hydrogen-bond donors (Lipinski definition) is 0. The van der Waals surface area contributed by atoms with Crippen molar-refractivity contribution in [3.05, 3.63) is 87.9 Å². The molecule has 2 amide bonds. The molecule has 0 bridgehead atoms. The van der Waals surface area contributed by atoms with Crippen molar-refractivity contribution in [1.82, 2.24) is 14.7 Å². The van der Waals surface area contributed by atoms with E-state index in [4.69, 9.17) is 27.9 Å². The predicted molar refractivity (Wildman–Crippen MR) is 170 cm³/mol. The summed E-state index contributed by atoms with van der Waals surface area (Å²) in [4.78, 5) is 34.4. The minimum atomic E-state index is -0.0830. The van der Waals surface area contributed by atoms with Crippen LogP contribution in [0.5, 0.6) is 0 Å². The van der Waals surface area contributed by atoms with Crippen LogP contribution in [-0.4, -0.2) is 93.1 Å². The lowest BCUT2D eigenvalue weighted by Crippen LogP contribution is -2.42. The lowest BCUT2D eigenvalue weighted by molar-refractivity contribution is -0.131. The molecule has 0 radical (unpaired) electrons. The lowest BCUT2D eigenvalue weighted by Gasteiger charge is -2.33. The molecule has 2 aliphatic rings. The van der Waals surface area contributed by atoms with Crippen LogP contribution in [0.25, 0.3) is 11.1 Å². The van der Waals surface area contributed by atoms with Gasteiger partial charge in [0.1, 0.15) is 0 Å². The number of amides is 2. The molecular weight excluding hydrogens is 571 g/mol. The summed E-state index contributed by atoms with van der Waals surface area (Å²) < 4.78 is 5.37. The number of nitrogens with zero attached hydrogens (tertiary/aromatic N) is 4. The standard InChI is InChI=1S/C33H38Cl2N4O3/c1-36(28-13-14-29(34)30(35)21-28)23-32(40)37(2)31(22-38-15-3-4-16-38)26-9-5-24(6-10-26)25-7-11-27(12-8-25)33(41)39-17-19-42-20-18-39/h5-14,21,31H,3-4,15-20,22-23H2,1-2H3. The fourth-order valence-corrected chi connectivity index (χ4v) is 5.91. The summed E-state index contributed by atoms with van der Waals surface area (Å²) in [5, 5.41) is 0.955. The van der Waals surface area contributed by atoms with Gasteiger partial charge in [0.05, 0.1) is 35.8 Å². The number of carbonyl (C=O) groups excluding carboxylic acids is 2. The minimum Gasteiger partial charge on any atom is -0.378 e. The summed E-state index contributed by atoms with van der Waals surface area (Å²) in [7, 11) is 3.78. The Kier molecular flexibility index (Phi) is 10.1. The highest BCUT2D eigenvalue weighted by molar-refractivity contribution is 6.42. The summed E-state index contributed by atoms with van der Waals surface area (Å²) in [5.41, 5.74) is 4.73. The van der Waals surface area contributed by atoms with Gasteiger partial charge in [-0.25, -0.2) is 0 Å². The molecule has 1 unspecified atom stereocenters. The van der Waals surface area contributed by atoms with Crippen molar-refractivity contribution >= 4 is 40.7 Å². The number of halogens is 2. The molecule has 0 aromatic heterocycles. The summed E-state index contributed by atoms with van der Waals surface area (Å²) in [6, 6.07) is 21.5. The van der Waals surface area contributed by atoms with Gasteiger partial charge in [-0.05, 0) is 73.0 Å². The Balaban J connectivity index is 1.29. The van der Waals surface area contributed by atoms with E-state index < -0.39 is 0 Å². The maximum atomic E-state index is 13.5. The van der Waals surface area contributed by atoms with Crippen LogP contribution in [0.2, 0.25) is 10.0 Å². The monoisotopic (exact) mass is 608 g/mol. The Morgan fingerprint density at radius 1 is 0.833 bits per heavy atom. The van der Waals surface area contributed by atoms with Crippen molar-refractivity contribution in [2.45, 2.75) is 18.9 Å². The molecule has 0 aliphatic carbocycles. The van der Waals surface area contributed by atoms with Crippen molar-refractivity contribution in [2.24, 2.45) is 0 Å². The molecule has 7 nitrogen and oxygen atoms in total. The van der Waals surface area contributed by atoms with Crippen molar-refractivity contribution in [3.8, 4) is 11.1 Å². The molecule has 3 aromatic rings. The van der Waals surface area contributed by atoms with Crippen molar-refractivity contribution in [2.75, 3.05) is 71.5 Å². The lowest BCUT2D eigenvalue weighted by atomic mass is 9.98. The third-order valence-corrected chi connectivity index (χ3v) is 9.01. The molecule has 0 spiro atoms. The quantitative estimate of drug-likeness (QED) is 0.304. The topological polar surface area (TPSA) is 56.3 Å². The van der Waals surface area contributed by atoms with Crippen LogP contribution >= 0.6 is 23.2 Å². The molecule has 42 heavy (non-hydrogen) atoms. The first-order valence-electron chi connectivity index (χ1n) is 14.5.